The van der Waals surface area contributed by atoms with E-state index < -0.39 is 0 Å². The number of carbonyl (C=O) groups is 2. The number of anilines is 2. The molecule has 2 rings (SSSR count). The highest BCUT2D eigenvalue weighted by Crippen LogP contribution is 2.25. The first-order valence-corrected chi connectivity index (χ1v) is 9.43. The van der Waals surface area contributed by atoms with Crippen LogP contribution in [0, 0.1) is 6.92 Å². The van der Waals surface area contributed by atoms with Crippen LogP contribution >= 0.6 is 23.4 Å². The largest absolute Gasteiger partial charge is 0.324 e. The van der Waals surface area contributed by atoms with Gasteiger partial charge in [-0.2, -0.15) is 0 Å². The van der Waals surface area contributed by atoms with E-state index in [0.717, 1.165) is 10.5 Å². The molecule has 0 spiro atoms. The van der Waals surface area contributed by atoms with Gasteiger partial charge in [-0.25, -0.2) is 0 Å². The maximum Gasteiger partial charge on any atom is 0.238 e. The van der Waals surface area contributed by atoms with Crippen molar-refractivity contribution in [3.05, 3.63) is 53.1 Å². The lowest BCUT2D eigenvalue weighted by atomic mass is 10.2. The fraction of sp³-hybridized carbons (Fsp3) is 0.263. The van der Waals surface area contributed by atoms with E-state index in [-0.39, 0.29) is 24.1 Å². The summed E-state index contributed by atoms with van der Waals surface area (Å²) < 4.78 is 0. The van der Waals surface area contributed by atoms with Crippen LogP contribution in [0.4, 0.5) is 11.4 Å². The Morgan fingerprint density at radius 3 is 2.31 bits per heavy atom. The van der Waals surface area contributed by atoms with E-state index in [0.29, 0.717) is 16.4 Å². The van der Waals surface area contributed by atoms with Gasteiger partial charge in [-0.1, -0.05) is 17.7 Å². The average molecular weight is 392 g/mol. The van der Waals surface area contributed by atoms with Gasteiger partial charge < -0.3 is 15.5 Å². The van der Waals surface area contributed by atoms with E-state index in [2.05, 4.69) is 10.6 Å². The molecular weight excluding hydrogens is 370 g/mol. The van der Waals surface area contributed by atoms with Gasteiger partial charge in [0.2, 0.25) is 11.8 Å². The van der Waals surface area contributed by atoms with Gasteiger partial charge in [0.25, 0.3) is 0 Å². The molecule has 0 atom stereocenters. The minimum absolute atomic E-state index is 0.134. The molecule has 0 heterocycles. The summed E-state index contributed by atoms with van der Waals surface area (Å²) in [5, 5.41) is 6.38. The lowest BCUT2D eigenvalue weighted by Crippen LogP contribution is -2.27. The summed E-state index contributed by atoms with van der Waals surface area (Å²) in [5.74, 6) is -0.00995. The number of nitrogens with zero attached hydrogens (tertiary/aromatic N) is 1. The van der Waals surface area contributed by atoms with E-state index >= 15 is 0 Å². The van der Waals surface area contributed by atoms with Crippen molar-refractivity contribution in [2.75, 3.05) is 37.0 Å². The van der Waals surface area contributed by atoms with E-state index in [4.69, 9.17) is 11.6 Å². The Bertz CT molecular complexity index is 779. The normalized spacial score (nSPS) is 10.7. The monoisotopic (exact) mass is 391 g/mol. The molecule has 0 aliphatic rings. The van der Waals surface area contributed by atoms with Crippen LogP contribution in [-0.2, 0) is 9.59 Å². The molecule has 138 valence electrons. The maximum atomic E-state index is 12.3. The molecule has 0 aliphatic carbocycles. The van der Waals surface area contributed by atoms with Crippen LogP contribution in [0.15, 0.2) is 47.4 Å². The van der Waals surface area contributed by atoms with E-state index in [9.17, 15) is 9.59 Å². The number of aryl methyl sites for hydroxylation is 1. The second-order valence-corrected chi connectivity index (χ2v) is 7.61. The number of hydrogen-bond acceptors (Lipinski definition) is 4. The van der Waals surface area contributed by atoms with Crippen LogP contribution in [0.1, 0.15) is 5.56 Å². The summed E-state index contributed by atoms with van der Waals surface area (Å²) in [5.41, 5.74) is 2.18. The molecule has 0 unspecified atom stereocenters. The molecule has 0 saturated carbocycles. The zero-order valence-corrected chi connectivity index (χ0v) is 16.6. The van der Waals surface area contributed by atoms with Crippen molar-refractivity contribution in [3.8, 4) is 0 Å². The number of rotatable bonds is 7. The molecule has 0 fully saturated rings. The van der Waals surface area contributed by atoms with Crippen molar-refractivity contribution in [2.45, 2.75) is 11.8 Å². The highest BCUT2D eigenvalue weighted by atomic mass is 35.5. The highest BCUT2D eigenvalue weighted by molar-refractivity contribution is 8.00. The third-order valence-corrected chi connectivity index (χ3v) is 4.63. The molecule has 5 nitrogen and oxygen atoms in total. The number of hydrogen-bond donors (Lipinski definition) is 2. The van der Waals surface area contributed by atoms with Gasteiger partial charge in [-0.3, -0.25) is 9.59 Å². The second-order valence-electron chi connectivity index (χ2n) is 6.13. The molecule has 0 saturated heterocycles. The molecule has 0 aliphatic heterocycles. The molecule has 7 heteroatoms. The minimum Gasteiger partial charge on any atom is -0.324 e. The number of thioether (sulfide) groups is 1. The van der Waals surface area contributed by atoms with Crippen LogP contribution in [0.25, 0.3) is 0 Å². The van der Waals surface area contributed by atoms with Gasteiger partial charge in [-0.15, -0.1) is 11.8 Å². The van der Waals surface area contributed by atoms with E-state index in [1.54, 1.807) is 23.1 Å². The van der Waals surface area contributed by atoms with E-state index in [1.165, 1.54) is 11.8 Å². The molecule has 2 amide bonds. The summed E-state index contributed by atoms with van der Waals surface area (Å²) in [4.78, 5) is 27.1. The lowest BCUT2D eigenvalue weighted by Gasteiger charge is -2.15. The number of nitrogens with one attached hydrogen (secondary N) is 2. The van der Waals surface area contributed by atoms with Crippen molar-refractivity contribution in [3.63, 3.8) is 0 Å². The van der Waals surface area contributed by atoms with E-state index in [1.807, 2.05) is 45.3 Å². The standard InChI is InChI=1S/C19H22ClN3O2S/c1-13-4-9-16(21-18(24)11-23(2)3)17(10-13)22-19(25)12-26-15-7-5-14(20)6-8-15/h4-10H,11-12H2,1-3H3,(H,21,24)(H,22,25). The SMILES string of the molecule is Cc1ccc(NC(=O)CN(C)C)c(NC(=O)CSc2ccc(Cl)cc2)c1. The predicted molar refractivity (Wildman–Crippen MR) is 109 cm³/mol. The zero-order valence-electron chi connectivity index (χ0n) is 15.0. The Hall–Kier alpha value is -2.02. The van der Waals surface area contributed by atoms with Gasteiger partial charge in [0, 0.05) is 9.92 Å². The maximum absolute atomic E-state index is 12.3. The Morgan fingerprint density at radius 1 is 1.00 bits per heavy atom. The molecule has 0 bridgehead atoms. The van der Waals surface area contributed by atoms with Crippen LogP contribution in [0.5, 0.6) is 0 Å². The number of benzene rings is 2. The molecule has 2 aromatic rings. The van der Waals surface area contributed by atoms with Crippen LogP contribution in [-0.4, -0.2) is 43.1 Å². The fourth-order valence-electron chi connectivity index (χ4n) is 2.21. The van der Waals surface area contributed by atoms with Crippen LogP contribution in [0.2, 0.25) is 5.02 Å². The number of halogens is 1. The highest BCUT2D eigenvalue weighted by Gasteiger charge is 2.11. The second kappa shape index (κ2) is 9.62. The van der Waals surface area contributed by atoms with Gasteiger partial charge in [-0.05, 0) is 63.0 Å². The molecular formula is C19H22ClN3O2S. The summed E-state index contributed by atoms with van der Waals surface area (Å²) >= 11 is 7.28. The lowest BCUT2D eigenvalue weighted by molar-refractivity contribution is -0.117. The van der Waals surface area contributed by atoms with Gasteiger partial charge in [0.1, 0.15) is 0 Å². The van der Waals surface area contributed by atoms with Crippen molar-refractivity contribution in [1.82, 2.24) is 4.90 Å². The van der Waals surface area contributed by atoms with Crippen molar-refractivity contribution in [2.24, 2.45) is 0 Å². The zero-order chi connectivity index (χ0) is 19.1. The molecule has 2 aromatic carbocycles. The van der Waals surface area contributed by atoms with Crippen molar-refractivity contribution >= 4 is 46.6 Å². The van der Waals surface area contributed by atoms with Crippen molar-refractivity contribution < 1.29 is 9.59 Å². The predicted octanol–water partition coefficient (Wildman–Crippen LogP) is 3.88. The first-order chi connectivity index (χ1) is 12.3. The number of likely N-dealkylation sites (N-methyl/N-ethyl adjacent to an activating group) is 1. The Balaban J connectivity index is 2.00. The minimum atomic E-state index is -0.140. The number of carbonyl (C=O) groups excluding carboxylic acids is 2. The topological polar surface area (TPSA) is 61.4 Å². The van der Waals surface area contributed by atoms with Gasteiger partial charge >= 0.3 is 0 Å². The number of amides is 2. The average Bonchev–Trinajstić information content (AvgIpc) is 2.56. The molecule has 2 N–H and O–H groups in total. The van der Waals surface area contributed by atoms with Crippen LogP contribution in [0.3, 0.4) is 0 Å². The smallest absolute Gasteiger partial charge is 0.238 e. The summed E-state index contributed by atoms with van der Waals surface area (Å²) in [6, 6.07) is 12.9. The molecule has 0 aromatic heterocycles. The molecule has 26 heavy (non-hydrogen) atoms. The molecule has 0 radical (unpaired) electrons. The van der Waals surface area contributed by atoms with Crippen molar-refractivity contribution in [1.29, 1.82) is 0 Å². The Kier molecular flexibility index (Phi) is 7.50. The van der Waals surface area contributed by atoms with Gasteiger partial charge in [0.05, 0.1) is 23.7 Å². The van der Waals surface area contributed by atoms with Crippen LogP contribution < -0.4 is 10.6 Å². The third-order valence-electron chi connectivity index (χ3n) is 3.37. The Morgan fingerprint density at radius 2 is 1.65 bits per heavy atom. The first kappa shape index (κ1) is 20.3. The van der Waals surface area contributed by atoms with Gasteiger partial charge in [0.15, 0.2) is 0 Å². The fourth-order valence-corrected chi connectivity index (χ4v) is 3.04. The summed E-state index contributed by atoms with van der Waals surface area (Å²) in [7, 11) is 3.65. The summed E-state index contributed by atoms with van der Waals surface area (Å²) in [6.45, 7) is 2.21. The third kappa shape index (κ3) is 6.71. The first-order valence-electron chi connectivity index (χ1n) is 8.07. The Labute approximate surface area is 163 Å². The quantitative estimate of drug-likeness (QED) is 0.703. The summed E-state index contributed by atoms with van der Waals surface area (Å²) in [6.07, 6.45) is 0.